The van der Waals surface area contributed by atoms with E-state index in [1.165, 1.54) is 61.7 Å². The first kappa shape index (κ1) is 89.3. The summed E-state index contributed by atoms with van der Waals surface area (Å²) in [7, 11) is -18.0. The third-order valence-electron chi connectivity index (χ3n) is 20.7. The summed E-state index contributed by atoms with van der Waals surface area (Å²) in [6, 6.07) is 38.3. The maximum atomic E-state index is 13.2. The first-order valence-corrected chi connectivity index (χ1v) is 46.6. The molecule has 8 saturated carbocycles. The number of rotatable bonds is 24. The Labute approximate surface area is 721 Å². The summed E-state index contributed by atoms with van der Waals surface area (Å²) in [5.74, 6) is -6.97. The number of carbonyl (C=O) groups is 9. The zero-order chi connectivity index (χ0) is 83.8. The van der Waals surface area contributed by atoms with E-state index in [2.05, 4.69) is 22.6 Å². The Morgan fingerprint density at radius 3 is 1.13 bits per heavy atom. The van der Waals surface area contributed by atoms with Gasteiger partial charge >= 0.3 is 47.8 Å². The Hall–Kier alpha value is -7.47. The summed E-state index contributed by atoms with van der Waals surface area (Å²) >= 11 is 8.08. The van der Waals surface area contributed by atoms with Gasteiger partial charge in [0.1, 0.15) is 83.4 Å². The normalized spacial score (nSPS) is 21.7. The quantitative estimate of drug-likeness (QED) is 0.0178. The molecule has 7 aromatic carbocycles. The summed E-state index contributed by atoms with van der Waals surface area (Å²) in [6.45, 7) is -2.30. The smallest absolute Gasteiger partial charge is 0.344 e. The Bertz CT molecular complexity index is 5500. The Morgan fingerprint density at radius 1 is 0.379 bits per heavy atom. The molecule has 116 heavy (non-hydrogen) atoms. The Morgan fingerprint density at radius 2 is 0.724 bits per heavy atom. The molecule has 0 spiro atoms. The summed E-state index contributed by atoms with van der Waals surface area (Å²) in [5.41, 5.74) is 0.832. The lowest BCUT2D eigenvalue weighted by atomic mass is 9.49. The van der Waals surface area contributed by atoms with Crippen molar-refractivity contribution in [2.24, 2.45) is 46.3 Å². The van der Waals surface area contributed by atoms with Gasteiger partial charge in [-0.1, -0.05) is 72.8 Å². The van der Waals surface area contributed by atoms with E-state index >= 15 is 0 Å². The van der Waals surface area contributed by atoms with Crippen molar-refractivity contribution < 1.29 is 133 Å². The van der Waals surface area contributed by atoms with Gasteiger partial charge in [0.2, 0.25) is 0 Å². The summed E-state index contributed by atoms with van der Waals surface area (Å²) in [6.07, 6.45) is 13.1. The van der Waals surface area contributed by atoms with Crippen molar-refractivity contribution in [1.82, 2.24) is 0 Å². The molecule has 0 radical (unpaired) electrons. The lowest BCUT2D eigenvalue weighted by Gasteiger charge is -2.55. The van der Waals surface area contributed by atoms with E-state index in [0.29, 0.717) is 57.5 Å². The van der Waals surface area contributed by atoms with E-state index in [1.54, 1.807) is 60.7 Å². The molecule has 8 fully saturated rings. The molecule has 0 saturated heterocycles. The molecule has 0 heterocycles. The van der Waals surface area contributed by atoms with Crippen LogP contribution in [0.25, 0.3) is 16.8 Å². The van der Waals surface area contributed by atoms with Gasteiger partial charge in [-0.2, -0.15) is 0 Å². The monoisotopic (exact) mass is 2120 g/mol. The van der Waals surface area contributed by atoms with Gasteiger partial charge in [0.05, 0.1) is 79.9 Å². The van der Waals surface area contributed by atoms with Gasteiger partial charge in [0, 0.05) is 26.1 Å². The Balaban J connectivity index is 0.000000152. The molecule has 16 rings (SSSR count). The van der Waals surface area contributed by atoms with E-state index in [-0.39, 0.29) is 68.8 Å². The van der Waals surface area contributed by atoms with E-state index < -0.39 is 148 Å². The third kappa shape index (κ3) is 23.7. The topological polar surface area (TPSA) is 456 Å². The SMILES string of the molecule is O=C(OCCS(=O)(=O)[O-])c1ccc(I)cc1OC(=O)C12CC3CC(C1)C(=O)C(C3)C2.O=C(OCCS(=O)(=O)[O-])c1ccc(I)cc1OC(=O)C12CC3CC(CC(C3)C1)C2.O=C(OCCS(=O)(=O)[O-])c1ccc(I)cc1OC(=O)C1C=Cc2ccccc21.O=C(OCCS(=O)(=O)[O-])c1ccc(I)cc1OC(=O)c1cccc2ccccc12. The molecule has 0 amide bonds. The van der Waals surface area contributed by atoms with Crippen LogP contribution in [0.4, 0.5) is 0 Å². The third-order valence-corrected chi connectivity index (χ3v) is 26.1. The van der Waals surface area contributed by atoms with Crippen molar-refractivity contribution in [1.29, 1.82) is 0 Å². The molecule has 9 aliphatic carbocycles. The fraction of sp³-hybridized carbons (Fsp3) is 0.354. The molecule has 3 unspecified atom stereocenters. The fourth-order valence-electron chi connectivity index (χ4n) is 16.2. The number of hydrogen-bond donors (Lipinski definition) is 0. The lowest BCUT2D eigenvalue weighted by Crippen LogP contribution is -2.55. The molecule has 7 aromatic rings. The van der Waals surface area contributed by atoms with Gasteiger partial charge in [0.25, 0.3) is 0 Å². The lowest BCUT2D eigenvalue weighted by molar-refractivity contribution is -0.167. The summed E-state index contributed by atoms with van der Waals surface area (Å²) in [5, 5.41) is 1.57. The van der Waals surface area contributed by atoms with Crippen molar-refractivity contribution in [3.63, 3.8) is 0 Å². The second-order valence-electron chi connectivity index (χ2n) is 29.0. The van der Waals surface area contributed by atoms with Gasteiger partial charge in [0.15, 0.2) is 0 Å². The first-order chi connectivity index (χ1) is 54.7. The molecule has 0 aliphatic heterocycles. The number of benzene rings is 7. The molecular formula is C79H70I4O29S4-4. The highest BCUT2D eigenvalue weighted by Crippen LogP contribution is 2.61. The number of ether oxygens (including phenoxy) is 8. The van der Waals surface area contributed by atoms with Crippen LogP contribution >= 0.6 is 90.4 Å². The zero-order valence-electron chi connectivity index (χ0n) is 60.9. The Kier molecular flexibility index (Phi) is 29.2. The molecular weight excluding hydrogens is 2050 g/mol. The average molecular weight is 2120 g/mol. The maximum Gasteiger partial charge on any atom is 0.344 e. The molecule has 3 atom stereocenters. The number of carbonyl (C=O) groups excluding carboxylic acids is 9. The second kappa shape index (κ2) is 37.9. The number of fused-ring (bicyclic) bond motifs is 2. The minimum Gasteiger partial charge on any atom is -0.748 e. The van der Waals surface area contributed by atoms with Crippen LogP contribution in [-0.4, -0.2) is 155 Å². The second-order valence-corrected chi connectivity index (χ2v) is 40.0. The van der Waals surface area contributed by atoms with Crippen LogP contribution in [-0.2, 0) is 78.6 Å². The van der Waals surface area contributed by atoms with Gasteiger partial charge < -0.3 is 56.1 Å². The van der Waals surface area contributed by atoms with Crippen molar-refractivity contribution in [3.8, 4) is 23.0 Å². The molecule has 37 heteroatoms. The molecule has 616 valence electrons. The van der Waals surface area contributed by atoms with E-state index in [1.807, 2.05) is 116 Å². The van der Waals surface area contributed by atoms with E-state index in [9.17, 15) is 95.0 Å². The van der Waals surface area contributed by atoms with Gasteiger partial charge in [-0.15, -0.1) is 0 Å². The van der Waals surface area contributed by atoms with Crippen LogP contribution in [0.1, 0.15) is 139 Å². The highest BCUT2D eigenvalue weighted by Gasteiger charge is 2.60. The minimum absolute atomic E-state index is 0.00432. The first-order valence-electron chi connectivity index (χ1n) is 36.0. The molecule has 8 bridgehead atoms. The summed E-state index contributed by atoms with van der Waals surface area (Å²) in [4.78, 5) is 113. The maximum absolute atomic E-state index is 13.2. The van der Waals surface area contributed by atoms with Crippen LogP contribution in [0.2, 0.25) is 0 Å². The molecule has 9 aliphatic rings. The van der Waals surface area contributed by atoms with Crippen LogP contribution in [0.3, 0.4) is 0 Å². The van der Waals surface area contributed by atoms with Gasteiger partial charge in [-0.25, -0.2) is 57.6 Å². The highest BCUT2D eigenvalue weighted by molar-refractivity contribution is 14.1. The van der Waals surface area contributed by atoms with Crippen LogP contribution < -0.4 is 18.9 Å². The van der Waals surface area contributed by atoms with Crippen molar-refractivity contribution >= 4 is 201 Å². The molecule has 29 nitrogen and oxygen atoms in total. The van der Waals surface area contributed by atoms with Gasteiger partial charge in [-0.05, 0) is 285 Å². The number of Topliss-reactive ketones (excluding diaryl/α,β-unsaturated/α-hetero) is 1. The van der Waals surface area contributed by atoms with Crippen molar-refractivity contribution in [2.75, 3.05) is 49.4 Å². The largest absolute Gasteiger partial charge is 0.748 e. The predicted molar refractivity (Wildman–Crippen MR) is 442 cm³/mol. The number of hydrogen-bond acceptors (Lipinski definition) is 29. The van der Waals surface area contributed by atoms with E-state index in [4.69, 9.17) is 37.9 Å². The average Bonchev–Trinajstić information content (AvgIpc) is 0.872. The van der Waals surface area contributed by atoms with Crippen LogP contribution in [0.15, 0.2) is 146 Å². The van der Waals surface area contributed by atoms with Crippen molar-refractivity contribution in [3.05, 3.63) is 199 Å². The van der Waals surface area contributed by atoms with Crippen LogP contribution in [0, 0.1) is 60.6 Å². The number of ketones is 1. The molecule has 0 aromatic heterocycles. The highest BCUT2D eigenvalue weighted by atomic mass is 127. The van der Waals surface area contributed by atoms with Crippen molar-refractivity contribution in [2.45, 2.75) is 76.5 Å². The predicted octanol–water partition coefficient (Wildman–Crippen LogP) is 11.5. The standard InChI is InChI=1S/C20H21IO8S.C20H23IO7S.C20H15IO7S.C19H15IO7S/c21-14-1-2-15(18(23)28-3-4-30(25,26)27)16(7-14)29-19(24)20-8-11-5-12(9-20)17(22)13(6-11)10-20;21-15-1-2-16(18(22)27-3-4-29(24,25)26)17(8-15)28-19(23)20-9-12-5-13(10-20)7-14(6-12)11-20;21-14-8-9-17(19(22)27-10-11-29(24,25)26)18(12-14)28-20(23)16-7-3-5-13-4-1-2-6-15(13)16;20-13-6-8-16(18(21)26-9-10-28(23,24)25)17(11-13)27-19(22)15-7-5-12-3-1-2-4-14(12)15/h1-2,7,11-13H,3-6,8-10H2,(H,25,26,27);1-2,8,12-14H,3-7,9-11H2,(H,24,25,26);1-9,12H,10-11H2,(H,24,25,26);1-8,11,15H,9-10H2,(H,23,24,25)/p-4. The summed E-state index contributed by atoms with van der Waals surface area (Å²) < 4.78 is 173. The molecule has 0 N–H and O–H groups in total. The number of halogens is 4. The van der Waals surface area contributed by atoms with E-state index in [0.717, 1.165) is 59.3 Å². The zero-order valence-corrected chi connectivity index (χ0v) is 72.8. The van der Waals surface area contributed by atoms with Gasteiger partial charge in [-0.3, -0.25) is 19.2 Å². The fourth-order valence-corrected chi connectivity index (χ4v) is 19.2. The van der Waals surface area contributed by atoms with Crippen LogP contribution in [0.5, 0.6) is 23.0 Å². The minimum atomic E-state index is -4.51. The number of esters is 8.